The Kier molecular flexibility index (Phi) is 6.90. The van der Waals surface area contributed by atoms with Crippen molar-refractivity contribution in [2.24, 2.45) is 11.8 Å². The summed E-state index contributed by atoms with van der Waals surface area (Å²) in [5.41, 5.74) is 1.14. The van der Waals surface area contributed by atoms with Crippen LogP contribution < -0.4 is 10.1 Å². The van der Waals surface area contributed by atoms with Gasteiger partial charge in [-0.25, -0.2) is 0 Å². The van der Waals surface area contributed by atoms with E-state index in [4.69, 9.17) is 4.74 Å². The molecule has 2 atom stereocenters. The molecule has 0 bridgehead atoms. The van der Waals surface area contributed by atoms with E-state index < -0.39 is 0 Å². The minimum atomic E-state index is 0.233. The van der Waals surface area contributed by atoms with E-state index in [1.165, 1.54) is 12.8 Å². The molecular weight excluding hydrogens is 288 g/mol. The first-order valence-corrected chi connectivity index (χ1v) is 8.76. The Morgan fingerprint density at radius 1 is 1.39 bits per heavy atom. The predicted octanol–water partition coefficient (Wildman–Crippen LogP) is 3.07. The number of piperidine rings is 1. The summed E-state index contributed by atoms with van der Waals surface area (Å²) >= 11 is 0. The highest BCUT2D eigenvalue weighted by atomic mass is 16.5. The van der Waals surface area contributed by atoms with E-state index in [0.717, 1.165) is 24.4 Å². The Bertz CT molecular complexity index is 481. The second-order valence-electron chi connectivity index (χ2n) is 6.61. The van der Waals surface area contributed by atoms with Gasteiger partial charge in [-0.1, -0.05) is 19.1 Å². The lowest BCUT2D eigenvalue weighted by atomic mass is 9.85. The average molecular weight is 318 g/mol. The molecule has 1 saturated heterocycles. The van der Waals surface area contributed by atoms with Crippen molar-refractivity contribution in [2.75, 3.05) is 26.7 Å². The summed E-state index contributed by atoms with van der Waals surface area (Å²) in [6.45, 7) is 7.68. The van der Waals surface area contributed by atoms with E-state index in [0.29, 0.717) is 31.4 Å². The van der Waals surface area contributed by atoms with Gasteiger partial charge >= 0.3 is 0 Å². The maximum atomic E-state index is 12.5. The third-order valence-corrected chi connectivity index (χ3v) is 4.72. The van der Waals surface area contributed by atoms with Crippen LogP contribution >= 0.6 is 0 Å². The van der Waals surface area contributed by atoms with Gasteiger partial charge in [-0.2, -0.15) is 0 Å². The van der Waals surface area contributed by atoms with Crippen LogP contribution in [0.5, 0.6) is 5.75 Å². The number of carbonyl (C=O) groups excluding carboxylic acids is 1. The third kappa shape index (κ3) is 5.54. The molecule has 1 aromatic rings. The van der Waals surface area contributed by atoms with Crippen molar-refractivity contribution in [1.82, 2.24) is 10.2 Å². The summed E-state index contributed by atoms with van der Waals surface area (Å²) in [7, 11) is 1.89. The van der Waals surface area contributed by atoms with E-state index >= 15 is 0 Å². The summed E-state index contributed by atoms with van der Waals surface area (Å²) in [6.07, 6.45) is 3.11. The molecule has 0 spiro atoms. The van der Waals surface area contributed by atoms with Crippen molar-refractivity contribution in [2.45, 2.75) is 39.7 Å². The quantitative estimate of drug-likeness (QED) is 0.840. The Morgan fingerprint density at radius 3 is 2.74 bits per heavy atom. The maximum absolute atomic E-state index is 12.5. The van der Waals surface area contributed by atoms with Crippen molar-refractivity contribution < 1.29 is 9.53 Å². The molecule has 1 heterocycles. The van der Waals surface area contributed by atoms with Crippen molar-refractivity contribution >= 4 is 5.91 Å². The lowest BCUT2D eigenvalue weighted by Gasteiger charge is -2.29. The number of rotatable bonds is 7. The van der Waals surface area contributed by atoms with E-state index in [-0.39, 0.29) is 5.91 Å². The number of nitrogens with one attached hydrogen (secondary N) is 1. The van der Waals surface area contributed by atoms with Crippen LogP contribution in [0, 0.1) is 11.8 Å². The normalized spacial score (nSPS) is 19.2. The zero-order chi connectivity index (χ0) is 16.7. The largest absolute Gasteiger partial charge is 0.494 e. The van der Waals surface area contributed by atoms with Gasteiger partial charge in [0.1, 0.15) is 5.75 Å². The molecule has 0 saturated carbocycles. The first kappa shape index (κ1) is 17.8. The molecule has 0 aliphatic carbocycles. The summed E-state index contributed by atoms with van der Waals surface area (Å²) in [4.78, 5) is 14.3. The monoisotopic (exact) mass is 318 g/mol. The van der Waals surface area contributed by atoms with Gasteiger partial charge < -0.3 is 15.0 Å². The zero-order valence-corrected chi connectivity index (χ0v) is 14.7. The van der Waals surface area contributed by atoms with Crippen molar-refractivity contribution in [1.29, 1.82) is 0 Å². The molecule has 4 heteroatoms. The van der Waals surface area contributed by atoms with Gasteiger partial charge in [0.25, 0.3) is 0 Å². The van der Waals surface area contributed by atoms with Crippen molar-refractivity contribution in [3.63, 3.8) is 0 Å². The van der Waals surface area contributed by atoms with Gasteiger partial charge in [0.15, 0.2) is 0 Å². The molecule has 0 radical (unpaired) electrons. The summed E-state index contributed by atoms with van der Waals surface area (Å²) < 4.78 is 5.45. The van der Waals surface area contributed by atoms with Crippen LogP contribution in [-0.4, -0.2) is 37.6 Å². The standard InChI is InChI=1S/C19H30N2O2/c1-4-23-18-9-7-16(8-10-18)14-21(3)19(22)12-15(2)17-6-5-11-20-13-17/h7-10,15,17,20H,4-6,11-14H2,1-3H3. The van der Waals surface area contributed by atoms with E-state index in [9.17, 15) is 4.79 Å². The molecule has 1 amide bonds. The highest BCUT2D eigenvalue weighted by Crippen LogP contribution is 2.23. The van der Waals surface area contributed by atoms with Crippen LogP contribution in [0.15, 0.2) is 24.3 Å². The first-order valence-electron chi connectivity index (χ1n) is 8.76. The number of hydrogen-bond acceptors (Lipinski definition) is 3. The fourth-order valence-electron chi connectivity index (χ4n) is 3.18. The molecule has 0 aromatic heterocycles. The minimum Gasteiger partial charge on any atom is -0.494 e. The summed E-state index contributed by atoms with van der Waals surface area (Å²) in [5, 5.41) is 3.44. The Morgan fingerprint density at radius 2 is 2.13 bits per heavy atom. The first-order chi connectivity index (χ1) is 11.1. The molecule has 4 nitrogen and oxygen atoms in total. The van der Waals surface area contributed by atoms with Gasteiger partial charge in [-0.3, -0.25) is 4.79 Å². The number of nitrogens with zero attached hydrogens (tertiary/aromatic N) is 1. The maximum Gasteiger partial charge on any atom is 0.222 e. The molecule has 1 aromatic carbocycles. The third-order valence-electron chi connectivity index (χ3n) is 4.72. The second kappa shape index (κ2) is 8.92. The fourth-order valence-corrected chi connectivity index (χ4v) is 3.18. The number of ether oxygens (including phenoxy) is 1. The molecule has 1 aliphatic rings. The van der Waals surface area contributed by atoms with Crippen LogP contribution in [0.4, 0.5) is 0 Å². The smallest absolute Gasteiger partial charge is 0.222 e. The molecule has 128 valence electrons. The number of carbonyl (C=O) groups is 1. The van der Waals surface area contributed by atoms with Gasteiger partial charge in [-0.05, 0) is 62.4 Å². The molecule has 2 unspecified atom stereocenters. The fraction of sp³-hybridized carbons (Fsp3) is 0.632. The van der Waals surface area contributed by atoms with Crippen molar-refractivity contribution in [3.05, 3.63) is 29.8 Å². The van der Waals surface area contributed by atoms with Crippen LogP contribution in [0.2, 0.25) is 0 Å². The van der Waals surface area contributed by atoms with Crippen LogP contribution in [-0.2, 0) is 11.3 Å². The van der Waals surface area contributed by atoms with Gasteiger partial charge in [-0.15, -0.1) is 0 Å². The van der Waals surface area contributed by atoms with E-state index in [2.05, 4.69) is 12.2 Å². The lowest BCUT2D eigenvalue weighted by Crippen LogP contribution is -2.36. The number of benzene rings is 1. The number of hydrogen-bond donors (Lipinski definition) is 1. The summed E-state index contributed by atoms with van der Waals surface area (Å²) in [6, 6.07) is 7.99. The average Bonchev–Trinajstić information content (AvgIpc) is 2.57. The molecule has 23 heavy (non-hydrogen) atoms. The SMILES string of the molecule is CCOc1ccc(CN(C)C(=O)CC(C)C2CCCNC2)cc1. The second-order valence-corrected chi connectivity index (χ2v) is 6.61. The summed E-state index contributed by atoms with van der Waals surface area (Å²) in [5.74, 6) is 2.19. The van der Waals surface area contributed by atoms with Gasteiger partial charge in [0.2, 0.25) is 5.91 Å². The Hall–Kier alpha value is -1.55. The number of amides is 1. The van der Waals surface area contributed by atoms with Crippen LogP contribution in [0.3, 0.4) is 0 Å². The Labute approximate surface area is 140 Å². The van der Waals surface area contributed by atoms with Crippen molar-refractivity contribution in [3.8, 4) is 5.75 Å². The van der Waals surface area contributed by atoms with Gasteiger partial charge in [0.05, 0.1) is 6.61 Å². The van der Waals surface area contributed by atoms with Gasteiger partial charge in [0, 0.05) is 20.0 Å². The molecule has 1 aliphatic heterocycles. The Balaban J connectivity index is 1.81. The van der Waals surface area contributed by atoms with Crippen LogP contribution in [0.25, 0.3) is 0 Å². The highest BCUT2D eigenvalue weighted by molar-refractivity contribution is 5.76. The predicted molar refractivity (Wildman–Crippen MR) is 93.5 cm³/mol. The minimum absolute atomic E-state index is 0.233. The van der Waals surface area contributed by atoms with Crippen LogP contribution in [0.1, 0.15) is 38.7 Å². The zero-order valence-electron chi connectivity index (χ0n) is 14.7. The molecular formula is C19H30N2O2. The molecule has 1 fully saturated rings. The van der Waals surface area contributed by atoms with E-state index in [1.54, 1.807) is 0 Å². The molecule has 2 rings (SSSR count). The van der Waals surface area contributed by atoms with E-state index in [1.807, 2.05) is 43.1 Å². The molecule has 1 N–H and O–H groups in total. The lowest BCUT2D eigenvalue weighted by molar-refractivity contribution is -0.131. The highest BCUT2D eigenvalue weighted by Gasteiger charge is 2.23. The topological polar surface area (TPSA) is 41.6 Å².